The summed E-state index contributed by atoms with van der Waals surface area (Å²) in [6, 6.07) is 11.4. The molecule has 31 heavy (non-hydrogen) atoms. The molecule has 3 rings (SSSR count). The van der Waals surface area contributed by atoms with Gasteiger partial charge in [-0.3, -0.25) is 14.3 Å². The molecule has 1 atom stereocenters. The number of hydrogen-bond donors (Lipinski definition) is 3. The van der Waals surface area contributed by atoms with Gasteiger partial charge in [-0.15, -0.1) is 0 Å². The van der Waals surface area contributed by atoms with Gasteiger partial charge >= 0.3 is 0 Å². The molecule has 8 heteroatoms. The van der Waals surface area contributed by atoms with Crippen molar-refractivity contribution in [3.8, 4) is 5.75 Å². The average Bonchev–Trinajstić information content (AvgIpc) is 3.04. The van der Waals surface area contributed by atoms with Crippen LogP contribution >= 0.6 is 11.6 Å². The summed E-state index contributed by atoms with van der Waals surface area (Å²) >= 11 is 6.32. The molecule has 0 saturated heterocycles. The van der Waals surface area contributed by atoms with Gasteiger partial charge in [0, 0.05) is 11.4 Å². The Balaban J connectivity index is 1.64. The van der Waals surface area contributed by atoms with E-state index in [9.17, 15) is 14.7 Å². The van der Waals surface area contributed by atoms with E-state index in [2.05, 4.69) is 15.7 Å². The molecule has 0 bridgehead atoms. The lowest BCUT2D eigenvalue weighted by atomic mass is 10.1. The van der Waals surface area contributed by atoms with Gasteiger partial charge < -0.3 is 15.7 Å². The van der Waals surface area contributed by atoms with Crippen LogP contribution in [0, 0.1) is 20.8 Å². The highest BCUT2D eigenvalue weighted by molar-refractivity contribution is 6.34. The number of nitrogens with one attached hydrogen (secondary N) is 2. The van der Waals surface area contributed by atoms with Crippen LogP contribution in [0.1, 0.15) is 35.5 Å². The van der Waals surface area contributed by atoms with Crippen molar-refractivity contribution in [1.29, 1.82) is 0 Å². The molecule has 3 aromatic rings. The summed E-state index contributed by atoms with van der Waals surface area (Å²) in [7, 11) is 0. The quantitative estimate of drug-likeness (QED) is 0.524. The van der Waals surface area contributed by atoms with Gasteiger partial charge in [0.15, 0.2) is 0 Å². The summed E-state index contributed by atoms with van der Waals surface area (Å²) in [5.74, 6) is -0.332. The number of aromatic nitrogens is 2. The number of nitrogens with zero attached hydrogens (tertiary/aromatic N) is 2. The van der Waals surface area contributed by atoms with Crippen LogP contribution in [0.5, 0.6) is 5.75 Å². The summed E-state index contributed by atoms with van der Waals surface area (Å²) in [4.78, 5) is 24.9. The molecule has 162 valence electrons. The van der Waals surface area contributed by atoms with Gasteiger partial charge in [-0.1, -0.05) is 23.7 Å². The zero-order valence-electron chi connectivity index (χ0n) is 17.9. The zero-order chi connectivity index (χ0) is 22.7. The monoisotopic (exact) mass is 440 g/mol. The highest BCUT2D eigenvalue weighted by Gasteiger charge is 2.19. The van der Waals surface area contributed by atoms with Gasteiger partial charge in [-0.2, -0.15) is 5.10 Å². The molecule has 0 unspecified atom stereocenters. The number of rotatable bonds is 6. The van der Waals surface area contributed by atoms with Crippen LogP contribution in [0.4, 0.5) is 11.4 Å². The molecule has 0 aliphatic heterocycles. The van der Waals surface area contributed by atoms with Gasteiger partial charge in [0.2, 0.25) is 11.8 Å². The maximum atomic E-state index is 12.6. The van der Waals surface area contributed by atoms with Crippen LogP contribution in [0.3, 0.4) is 0 Å². The van der Waals surface area contributed by atoms with E-state index in [1.165, 1.54) is 0 Å². The first-order chi connectivity index (χ1) is 14.6. The fourth-order valence-electron chi connectivity index (χ4n) is 3.24. The molecule has 0 aliphatic rings. The third kappa shape index (κ3) is 5.44. The zero-order valence-corrected chi connectivity index (χ0v) is 18.6. The molecule has 1 heterocycles. The number of aryl methyl sites for hydroxylation is 3. The molecule has 0 fully saturated rings. The van der Waals surface area contributed by atoms with Crippen LogP contribution in [-0.2, 0) is 16.0 Å². The summed E-state index contributed by atoms with van der Waals surface area (Å²) in [5.41, 5.74) is 4.15. The number of halogens is 1. The predicted octanol–water partition coefficient (Wildman–Crippen LogP) is 4.55. The molecule has 7 nitrogen and oxygen atoms in total. The Morgan fingerprint density at radius 1 is 1.10 bits per heavy atom. The summed E-state index contributed by atoms with van der Waals surface area (Å²) < 4.78 is 1.66. The van der Waals surface area contributed by atoms with Crippen molar-refractivity contribution in [2.45, 2.75) is 40.2 Å². The Labute approximate surface area is 186 Å². The van der Waals surface area contributed by atoms with Gasteiger partial charge in [0.1, 0.15) is 11.8 Å². The van der Waals surface area contributed by atoms with Crippen LogP contribution in [0.25, 0.3) is 0 Å². The van der Waals surface area contributed by atoms with Crippen molar-refractivity contribution in [3.05, 3.63) is 70.0 Å². The Bertz CT molecular complexity index is 1140. The minimum Gasteiger partial charge on any atom is -0.508 e. The normalized spacial score (nSPS) is 11.8. The largest absolute Gasteiger partial charge is 0.508 e. The van der Waals surface area contributed by atoms with Crippen LogP contribution in [0.2, 0.25) is 5.02 Å². The molecule has 2 aromatic carbocycles. The van der Waals surface area contributed by atoms with Crippen molar-refractivity contribution >= 4 is 34.8 Å². The molecule has 0 aliphatic carbocycles. The van der Waals surface area contributed by atoms with Crippen molar-refractivity contribution in [3.63, 3.8) is 0 Å². The molecular formula is C23H25ClN4O3. The molecule has 1 aromatic heterocycles. The Morgan fingerprint density at radius 3 is 2.45 bits per heavy atom. The Morgan fingerprint density at radius 2 is 1.84 bits per heavy atom. The standard InChI is InChI=1S/C23H25ClN4O3/c1-13-5-6-17(10-21(13)29)11-22(30)25-18-7-8-20(19(24)12-18)26-23(31)16(4)28-15(3)9-14(2)27-28/h5-10,12,16,29H,11H2,1-4H3,(H,25,30)(H,26,31)/t16-/m0/s1. The number of phenolic OH excluding ortho intramolecular Hbond substituents is 1. The third-order valence-electron chi connectivity index (χ3n) is 4.94. The lowest BCUT2D eigenvalue weighted by Gasteiger charge is -2.16. The molecule has 0 saturated carbocycles. The van der Waals surface area contributed by atoms with E-state index in [1.807, 2.05) is 19.9 Å². The fourth-order valence-corrected chi connectivity index (χ4v) is 3.46. The van der Waals surface area contributed by atoms with Crippen LogP contribution in [-0.4, -0.2) is 26.7 Å². The maximum Gasteiger partial charge on any atom is 0.248 e. The first-order valence-electron chi connectivity index (χ1n) is 9.85. The number of phenols is 1. The van der Waals surface area contributed by atoms with Crippen molar-refractivity contribution in [2.24, 2.45) is 0 Å². The van der Waals surface area contributed by atoms with Crippen LogP contribution < -0.4 is 10.6 Å². The Kier molecular flexibility index (Phi) is 6.65. The van der Waals surface area contributed by atoms with Crippen LogP contribution in [0.15, 0.2) is 42.5 Å². The van der Waals surface area contributed by atoms with E-state index >= 15 is 0 Å². The number of hydrogen-bond acceptors (Lipinski definition) is 4. The number of carbonyl (C=O) groups is 2. The fraction of sp³-hybridized carbons (Fsp3) is 0.261. The first-order valence-corrected chi connectivity index (χ1v) is 10.2. The Hall–Kier alpha value is -3.32. The van der Waals surface area contributed by atoms with Crippen molar-refractivity contribution in [1.82, 2.24) is 9.78 Å². The van der Waals surface area contributed by atoms with Crippen molar-refractivity contribution < 1.29 is 14.7 Å². The molecule has 0 spiro atoms. The number of benzene rings is 2. The minimum atomic E-state index is -0.505. The second-order valence-corrected chi connectivity index (χ2v) is 7.98. The number of aromatic hydroxyl groups is 1. The minimum absolute atomic E-state index is 0.115. The summed E-state index contributed by atoms with van der Waals surface area (Å²) in [5, 5.41) is 20.0. The highest BCUT2D eigenvalue weighted by Crippen LogP contribution is 2.27. The van der Waals surface area contributed by atoms with E-state index in [0.29, 0.717) is 22.0 Å². The summed E-state index contributed by atoms with van der Waals surface area (Å²) in [6.07, 6.45) is 0.115. The number of anilines is 2. The van der Waals surface area contributed by atoms with Crippen molar-refractivity contribution in [2.75, 3.05) is 10.6 Å². The van der Waals surface area contributed by atoms with Gasteiger partial charge in [-0.05, 0) is 69.2 Å². The smallest absolute Gasteiger partial charge is 0.248 e. The topological polar surface area (TPSA) is 96.2 Å². The van der Waals surface area contributed by atoms with Gasteiger partial charge in [-0.25, -0.2) is 0 Å². The van der Waals surface area contributed by atoms with E-state index in [0.717, 1.165) is 17.0 Å². The number of carbonyl (C=O) groups excluding carboxylic acids is 2. The van der Waals surface area contributed by atoms with E-state index in [1.54, 1.807) is 54.9 Å². The van der Waals surface area contributed by atoms with E-state index in [4.69, 9.17) is 11.6 Å². The predicted molar refractivity (Wildman–Crippen MR) is 122 cm³/mol. The lowest BCUT2D eigenvalue weighted by Crippen LogP contribution is -2.25. The highest BCUT2D eigenvalue weighted by atomic mass is 35.5. The number of amides is 2. The first kappa shape index (κ1) is 22.4. The average molecular weight is 441 g/mol. The van der Waals surface area contributed by atoms with E-state index < -0.39 is 6.04 Å². The summed E-state index contributed by atoms with van der Waals surface area (Å²) in [6.45, 7) is 7.32. The molecule has 0 radical (unpaired) electrons. The van der Waals surface area contributed by atoms with Gasteiger partial charge in [0.25, 0.3) is 0 Å². The third-order valence-corrected chi connectivity index (χ3v) is 5.25. The maximum absolute atomic E-state index is 12.6. The SMILES string of the molecule is Cc1cc(C)n([C@@H](C)C(=O)Nc2ccc(NC(=O)Cc3ccc(C)c(O)c3)cc2Cl)n1. The lowest BCUT2D eigenvalue weighted by molar-refractivity contribution is -0.119. The molecular weight excluding hydrogens is 416 g/mol. The van der Waals surface area contributed by atoms with Gasteiger partial charge in [0.05, 0.1) is 22.8 Å². The second kappa shape index (κ2) is 9.22. The molecule has 3 N–H and O–H groups in total. The second-order valence-electron chi connectivity index (χ2n) is 7.58. The molecule has 2 amide bonds. The van der Waals surface area contributed by atoms with E-state index in [-0.39, 0.29) is 24.0 Å².